The topological polar surface area (TPSA) is 142 Å². The lowest BCUT2D eigenvalue weighted by molar-refractivity contribution is -0.181. The fraction of sp³-hybridized carbons (Fsp3) is 0.750. The van der Waals surface area contributed by atoms with Crippen molar-refractivity contribution in [3.05, 3.63) is 11.6 Å². The highest BCUT2D eigenvalue weighted by molar-refractivity contribution is 5.95. The van der Waals surface area contributed by atoms with Crippen LogP contribution in [0.1, 0.15) is 39.3 Å². The summed E-state index contributed by atoms with van der Waals surface area (Å²) in [4.78, 5) is 12.2. The molecule has 1 aromatic rings. The number of halogens is 6. The highest BCUT2D eigenvalue weighted by Crippen LogP contribution is 2.46. The average molecular weight is 472 g/mol. The van der Waals surface area contributed by atoms with Gasteiger partial charge in [-0.25, -0.2) is 8.78 Å². The van der Waals surface area contributed by atoms with Crippen LogP contribution < -0.4 is 11.1 Å². The summed E-state index contributed by atoms with van der Waals surface area (Å²) in [5, 5.41) is 18.8. The molecule has 0 saturated carbocycles. The SMILES string of the molecule is CC(C)(C)OC[C@H](N)C(=O)Nc1c(F)n[nH]c1CCC(F)(F)C1(CC(F)(F)F)N=NN=N1. The lowest BCUT2D eigenvalue weighted by Crippen LogP contribution is -2.47. The van der Waals surface area contributed by atoms with Crippen molar-refractivity contribution in [1.29, 1.82) is 0 Å². The minimum atomic E-state index is -5.03. The van der Waals surface area contributed by atoms with Gasteiger partial charge in [-0.2, -0.15) is 17.6 Å². The summed E-state index contributed by atoms with van der Waals surface area (Å²) in [6.45, 7) is 4.96. The van der Waals surface area contributed by atoms with E-state index in [-0.39, 0.29) is 12.3 Å². The summed E-state index contributed by atoms with van der Waals surface area (Å²) in [7, 11) is 0. The van der Waals surface area contributed by atoms with E-state index in [1.54, 1.807) is 20.8 Å². The Kier molecular flexibility index (Phi) is 7.28. The molecule has 4 N–H and O–H groups in total. The molecule has 0 bridgehead atoms. The molecule has 0 aromatic carbocycles. The number of rotatable bonds is 9. The summed E-state index contributed by atoms with van der Waals surface area (Å²) in [6.07, 6.45) is -9.09. The minimum absolute atomic E-state index is 0.210. The second-order valence-electron chi connectivity index (χ2n) is 8.08. The van der Waals surface area contributed by atoms with E-state index >= 15 is 0 Å². The van der Waals surface area contributed by atoms with Gasteiger partial charge < -0.3 is 15.8 Å². The zero-order valence-corrected chi connectivity index (χ0v) is 17.3. The number of nitrogens with zero attached hydrogens (tertiary/aromatic N) is 5. The third kappa shape index (κ3) is 6.44. The first-order valence-electron chi connectivity index (χ1n) is 9.27. The molecule has 0 aliphatic carbocycles. The van der Waals surface area contributed by atoms with Crippen LogP contribution in [0.25, 0.3) is 0 Å². The van der Waals surface area contributed by atoms with Gasteiger partial charge in [0.1, 0.15) is 11.7 Å². The summed E-state index contributed by atoms with van der Waals surface area (Å²) < 4.78 is 87.1. The largest absolute Gasteiger partial charge is 0.393 e. The van der Waals surface area contributed by atoms with Gasteiger partial charge in [0.2, 0.25) is 5.91 Å². The zero-order chi connectivity index (χ0) is 24.4. The van der Waals surface area contributed by atoms with E-state index in [9.17, 15) is 31.1 Å². The lowest BCUT2D eigenvalue weighted by atomic mass is 9.94. The fourth-order valence-corrected chi connectivity index (χ4v) is 2.61. The number of aryl methyl sites for hydroxylation is 1. The molecule has 1 aliphatic rings. The lowest BCUT2D eigenvalue weighted by Gasteiger charge is -2.30. The summed E-state index contributed by atoms with van der Waals surface area (Å²) in [5.41, 5.74) is 0.960. The Hall–Kier alpha value is -2.62. The first-order valence-corrected chi connectivity index (χ1v) is 9.27. The van der Waals surface area contributed by atoms with Crippen LogP contribution in [-0.2, 0) is 16.0 Å². The van der Waals surface area contributed by atoms with Gasteiger partial charge in [0.15, 0.2) is 0 Å². The number of aromatic nitrogens is 2. The van der Waals surface area contributed by atoms with E-state index < -0.39 is 66.2 Å². The Morgan fingerprint density at radius 3 is 2.31 bits per heavy atom. The van der Waals surface area contributed by atoms with Crippen LogP contribution in [0.5, 0.6) is 0 Å². The monoisotopic (exact) mass is 472 g/mol. The Balaban J connectivity index is 2.11. The molecule has 0 unspecified atom stereocenters. The Bertz CT molecular complexity index is 865. The number of nitrogens with one attached hydrogen (secondary N) is 2. The molecule has 0 fully saturated rings. The second-order valence-corrected chi connectivity index (χ2v) is 8.08. The Morgan fingerprint density at radius 1 is 1.19 bits per heavy atom. The van der Waals surface area contributed by atoms with Gasteiger partial charge in [0.05, 0.1) is 24.3 Å². The predicted octanol–water partition coefficient (Wildman–Crippen LogP) is 3.68. The molecule has 1 aliphatic heterocycles. The van der Waals surface area contributed by atoms with E-state index in [0.29, 0.717) is 0 Å². The number of H-pyrrole nitrogens is 1. The number of nitrogens with two attached hydrogens (primary N) is 1. The number of carbonyl (C=O) groups excluding carboxylic acids is 1. The van der Waals surface area contributed by atoms with Gasteiger partial charge in [-0.1, -0.05) is 0 Å². The summed E-state index contributed by atoms with van der Waals surface area (Å²) in [6, 6.07) is -1.22. The van der Waals surface area contributed by atoms with Crippen LogP contribution in [0.3, 0.4) is 0 Å². The fourth-order valence-electron chi connectivity index (χ4n) is 2.61. The Morgan fingerprint density at radius 2 is 1.78 bits per heavy atom. The molecule has 0 saturated heterocycles. The predicted molar refractivity (Wildman–Crippen MR) is 97.2 cm³/mol. The molecule has 1 atom stereocenters. The molecule has 0 radical (unpaired) electrons. The molecule has 10 nitrogen and oxygen atoms in total. The number of hydrogen-bond acceptors (Lipinski definition) is 8. The van der Waals surface area contributed by atoms with Crippen molar-refractivity contribution in [2.45, 2.75) is 69.4 Å². The summed E-state index contributed by atoms with van der Waals surface area (Å²) >= 11 is 0. The van der Waals surface area contributed by atoms with Crippen LogP contribution in [0.2, 0.25) is 0 Å². The highest BCUT2D eigenvalue weighted by Gasteiger charge is 2.61. The number of ether oxygens (including phenoxy) is 1. The van der Waals surface area contributed by atoms with Crippen molar-refractivity contribution in [2.75, 3.05) is 11.9 Å². The van der Waals surface area contributed by atoms with Crippen LogP contribution in [0, 0.1) is 5.95 Å². The first kappa shape index (κ1) is 25.6. The smallest absolute Gasteiger partial charge is 0.374 e. The highest BCUT2D eigenvalue weighted by atomic mass is 19.4. The van der Waals surface area contributed by atoms with Crippen LogP contribution in [0.4, 0.5) is 32.0 Å². The van der Waals surface area contributed by atoms with E-state index in [1.165, 1.54) is 0 Å². The van der Waals surface area contributed by atoms with Crippen molar-refractivity contribution < 1.29 is 35.9 Å². The van der Waals surface area contributed by atoms with Gasteiger partial charge in [0, 0.05) is 6.42 Å². The maximum Gasteiger partial charge on any atom is 0.393 e. The van der Waals surface area contributed by atoms with Crippen molar-refractivity contribution in [3.63, 3.8) is 0 Å². The number of anilines is 1. The third-order valence-corrected chi connectivity index (χ3v) is 4.26. The van der Waals surface area contributed by atoms with Gasteiger partial charge in [-0.15, -0.1) is 15.3 Å². The Labute approximate surface area is 178 Å². The maximum atomic E-state index is 14.7. The molecular weight excluding hydrogens is 450 g/mol. The van der Waals surface area contributed by atoms with Crippen molar-refractivity contribution in [2.24, 2.45) is 26.4 Å². The van der Waals surface area contributed by atoms with Gasteiger partial charge in [-0.3, -0.25) is 9.89 Å². The third-order valence-electron chi connectivity index (χ3n) is 4.26. The van der Waals surface area contributed by atoms with Crippen LogP contribution >= 0.6 is 0 Å². The second kappa shape index (κ2) is 9.09. The zero-order valence-electron chi connectivity index (χ0n) is 17.3. The van der Waals surface area contributed by atoms with Gasteiger partial charge in [0.25, 0.3) is 17.5 Å². The number of carbonyl (C=O) groups is 1. The van der Waals surface area contributed by atoms with E-state index in [1.807, 2.05) is 0 Å². The normalized spacial score (nSPS) is 17.1. The number of aromatic amines is 1. The number of amides is 1. The van der Waals surface area contributed by atoms with Gasteiger partial charge in [-0.05, 0) is 37.6 Å². The molecule has 0 spiro atoms. The van der Waals surface area contributed by atoms with Crippen molar-refractivity contribution >= 4 is 11.6 Å². The molecule has 16 heteroatoms. The van der Waals surface area contributed by atoms with Gasteiger partial charge >= 0.3 is 6.18 Å². The van der Waals surface area contributed by atoms with Crippen LogP contribution in [-0.4, -0.2) is 52.1 Å². The van der Waals surface area contributed by atoms with E-state index in [0.717, 1.165) is 0 Å². The van der Waals surface area contributed by atoms with Crippen molar-refractivity contribution in [3.8, 4) is 0 Å². The molecule has 180 valence electrons. The number of hydrogen-bond donors (Lipinski definition) is 3. The molecule has 1 amide bonds. The summed E-state index contributed by atoms with van der Waals surface area (Å²) in [5.74, 6) is -6.26. The van der Waals surface area contributed by atoms with E-state index in [2.05, 4.69) is 36.2 Å². The standard InChI is InChI=1S/C16H22F6N8O2/c1-13(2,3)32-6-8(23)12(31)24-10-9(25-26-11(10)17)4-5-14(18,19)15(7-16(20,21)22)27-29-30-28-15/h8H,4-7,23H2,1-3H3,(H,24,31)(H,25,26)/t8-/m0/s1. The number of alkyl halides is 5. The molecular formula is C16H22F6N8O2. The quantitative estimate of drug-likeness (QED) is 0.471. The van der Waals surface area contributed by atoms with Crippen LogP contribution in [0.15, 0.2) is 20.7 Å². The first-order chi connectivity index (χ1) is 14.6. The molecule has 1 aromatic heterocycles. The molecule has 2 rings (SSSR count). The molecule has 32 heavy (non-hydrogen) atoms. The van der Waals surface area contributed by atoms with E-state index in [4.69, 9.17) is 10.5 Å². The van der Waals surface area contributed by atoms with Crippen molar-refractivity contribution in [1.82, 2.24) is 10.2 Å². The molecule has 2 heterocycles. The average Bonchev–Trinajstić information content (AvgIpc) is 3.24. The minimum Gasteiger partial charge on any atom is -0.374 e. The maximum absolute atomic E-state index is 14.7.